The van der Waals surface area contributed by atoms with Crippen LogP contribution >= 0.6 is 7.92 Å². The molecule has 3 aromatic rings. The van der Waals surface area contributed by atoms with E-state index in [0.29, 0.717) is 6.61 Å². The van der Waals surface area contributed by atoms with Crippen LogP contribution in [0.15, 0.2) is 89.9 Å². The molecule has 160 valence electrons. The molecule has 0 aromatic heterocycles. The zero-order chi connectivity index (χ0) is 22.1. The lowest BCUT2D eigenvalue weighted by molar-refractivity contribution is 0.228. The maximum atomic E-state index is 6.21. The molecule has 0 amide bonds. The first-order valence-corrected chi connectivity index (χ1v) is 12.3. The van der Waals surface area contributed by atoms with Crippen molar-refractivity contribution in [2.45, 2.75) is 46.1 Å². The highest BCUT2D eigenvalue weighted by atomic mass is 31.1. The minimum Gasteiger partial charge on any atom is -0.478 e. The predicted octanol–water partition coefficient (Wildman–Crippen LogP) is 5.57. The van der Waals surface area contributed by atoms with Gasteiger partial charge in [-0.3, -0.25) is 0 Å². The Kier molecular flexibility index (Phi) is 6.04. The molecule has 2 nitrogen and oxygen atoms in total. The van der Waals surface area contributed by atoms with Crippen molar-refractivity contribution < 1.29 is 4.74 Å². The summed E-state index contributed by atoms with van der Waals surface area (Å²) in [4.78, 5) is 5.05. The van der Waals surface area contributed by atoms with Gasteiger partial charge in [-0.2, -0.15) is 0 Å². The molecule has 0 N–H and O–H groups in total. The maximum Gasteiger partial charge on any atom is 0.194 e. The Balaban J connectivity index is 1.84. The topological polar surface area (TPSA) is 21.6 Å². The highest BCUT2D eigenvalue weighted by Gasteiger charge is 2.39. The second-order valence-corrected chi connectivity index (χ2v) is 12.0. The van der Waals surface area contributed by atoms with Crippen LogP contribution in [0.25, 0.3) is 0 Å². The van der Waals surface area contributed by atoms with Gasteiger partial charge in [-0.25, -0.2) is 4.99 Å². The molecule has 0 bridgehead atoms. The third kappa shape index (κ3) is 4.46. The van der Waals surface area contributed by atoms with E-state index in [1.165, 1.54) is 21.5 Å². The maximum absolute atomic E-state index is 6.21. The summed E-state index contributed by atoms with van der Waals surface area (Å²) in [5, 5.41) is 4.08. The Bertz CT molecular complexity index is 1010. The zero-order valence-electron chi connectivity index (χ0n) is 19.2. The van der Waals surface area contributed by atoms with Crippen LogP contribution in [0.1, 0.15) is 40.2 Å². The second-order valence-electron chi connectivity index (χ2n) is 9.78. The Labute approximate surface area is 188 Å². The number of rotatable bonds is 5. The third-order valence-corrected chi connectivity index (χ3v) is 8.53. The van der Waals surface area contributed by atoms with E-state index in [-0.39, 0.29) is 16.9 Å². The highest BCUT2D eigenvalue weighted by molar-refractivity contribution is 7.79. The predicted molar refractivity (Wildman–Crippen MR) is 135 cm³/mol. The van der Waals surface area contributed by atoms with E-state index in [1.807, 2.05) is 0 Å². The van der Waals surface area contributed by atoms with Crippen molar-refractivity contribution in [3.8, 4) is 0 Å². The average molecular weight is 430 g/mol. The molecule has 1 aliphatic heterocycles. The SMILES string of the molecule is CC(C)(C1=N[C@H](C(C)(C)C)CO1)c1ccccc1P(c1ccccc1)c1ccccc1. The molecule has 0 radical (unpaired) electrons. The van der Waals surface area contributed by atoms with Crippen molar-refractivity contribution in [1.82, 2.24) is 0 Å². The Morgan fingerprint density at radius 1 is 0.742 bits per heavy atom. The van der Waals surface area contributed by atoms with Gasteiger partial charge in [-0.15, -0.1) is 0 Å². The first-order valence-electron chi connectivity index (χ1n) is 11.0. The molecule has 0 saturated heterocycles. The van der Waals surface area contributed by atoms with E-state index < -0.39 is 7.92 Å². The Morgan fingerprint density at radius 2 is 1.26 bits per heavy atom. The highest BCUT2D eigenvalue weighted by Crippen LogP contribution is 2.39. The van der Waals surface area contributed by atoms with Crippen LogP contribution in [0.3, 0.4) is 0 Å². The summed E-state index contributed by atoms with van der Waals surface area (Å²) < 4.78 is 6.21. The fraction of sp³-hybridized carbons (Fsp3) is 0.321. The van der Waals surface area contributed by atoms with Crippen molar-refractivity contribution in [2.75, 3.05) is 6.61 Å². The molecule has 3 aromatic carbocycles. The van der Waals surface area contributed by atoms with Gasteiger partial charge in [-0.1, -0.05) is 106 Å². The quantitative estimate of drug-likeness (QED) is 0.486. The summed E-state index contributed by atoms with van der Waals surface area (Å²) in [5.74, 6) is 0.857. The van der Waals surface area contributed by atoms with E-state index in [1.54, 1.807) is 0 Å². The number of ether oxygens (including phenoxy) is 1. The van der Waals surface area contributed by atoms with E-state index >= 15 is 0 Å². The number of aliphatic imine (C=N–C) groups is 1. The van der Waals surface area contributed by atoms with Gasteiger partial charge in [0.25, 0.3) is 0 Å². The molecule has 31 heavy (non-hydrogen) atoms. The first kappa shape index (κ1) is 21.8. The monoisotopic (exact) mass is 429 g/mol. The third-order valence-electron chi connectivity index (χ3n) is 6.03. The van der Waals surface area contributed by atoms with Crippen LogP contribution in [0.5, 0.6) is 0 Å². The molecule has 1 heterocycles. The van der Waals surface area contributed by atoms with Gasteiger partial charge in [0.1, 0.15) is 6.61 Å². The average Bonchev–Trinajstić information content (AvgIpc) is 3.28. The van der Waals surface area contributed by atoms with E-state index in [4.69, 9.17) is 9.73 Å². The van der Waals surface area contributed by atoms with Crippen LogP contribution in [0, 0.1) is 5.41 Å². The minimum absolute atomic E-state index is 0.0953. The van der Waals surface area contributed by atoms with Gasteiger partial charge in [0.2, 0.25) is 0 Å². The van der Waals surface area contributed by atoms with Gasteiger partial charge in [0.15, 0.2) is 5.90 Å². The fourth-order valence-electron chi connectivity index (χ4n) is 4.05. The van der Waals surface area contributed by atoms with Crippen molar-refractivity contribution in [3.63, 3.8) is 0 Å². The van der Waals surface area contributed by atoms with E-state index in [9.17, 15) is 0 Å². The molecule has 0 saturated carbocycles. The first-order chi connectivity index (χ1) is 14.8. The largest absolute Gasteiger partial charge is 0.478 e. The van der Waals surface area contributed by atoms with Gasteiger partial charge in [0, 0.05) is 0 Å². The van der Waals surface area contributed by atoms with Gasteiger partial charge in [0.05, 0.1) is 11.5 Å². The van der Waals surface area contributed by atoms with Gasteiger partial charge >= 0.3 is 0 Å². The van der Waals surface area contributed by atoms with Crippen LogP contribution in [0.4, 0.5) is 0 Å². The summed E-state index contributed by atoms with van der Waals surface area (Å²) in [6.07, 6.45) is 0. The van der Waals surface area contributed by atoms with Crippen LogP contribution in [-0.2, 0) is 10.2 Å². The summed E-state index contributed by atoms with van der Waals surface area (Å²) >= 11 is 0. The lowest BCUT2D eigenvalue weighted by atomic mass is 9.84. The lowest BCUT2D eigenvalue weighted by Gasteiger charge is -2.30. The van der Waals surface area contributed by atoms with Crippen LogP contribution in [0.2, 0.25) is 0 Å². The molecule has 4 rings (SSSR count). The Morgan fingerprint density at radius 3 is 1.77 bits per heavy atom. The van der Waals surface area contributed by atoms with E-state index in [2.05, 4.69) is 120 Å². The normalized spacial score (nSPS) is 16.8. The number of nitrogens with zero attached hydrogens (tertiary/aromatic N) is 1. The summed E-state index contributed by atoms with van der Waals surface area (Å²) in [5.41, 5.74) is 1.08. The molecule has 0 aliphatic carbocycles. The number of hydrogen-bond donors (Lipinski definition) is 0. The van der Waals surface area contributed by atoms with Crippen molar-refractivity contribution in [2.24, 2.45) is 10.4 Å². The van der Waals surface area contributed by atoms with Crippen LogP contribution in [-0.4, -0.2) is 18.5 Å². The Hall–Kier alpha value is -2.44. The minimum atomic E-state index is -0.690. The zero-order valence-corrected chi connectivity index (χ0v) is 20.1. The molecule has 1 aliphatic rings. The molecule has 0 unspecified atom stereocenters. The van der Waals surface area contributed by atoms with E-state index in [0.717, 1.165) is 5.90 Å². The standard InChI is InChI=1S/C28H32NOP/c1-27(2,3)25-20-30-26(29-25)28(4,5)23-18-12-13-19-24(23)31(21-14-8-6-9-15-21)22-16-10-7-11-17-22/h6-19,25H,20H2,1-5H3/t25-/m0/s1. The summed E-state index contributed by atoms with van der Waals surface area (Å²) in [6, 6.07) is 30.8. The molecular formula is C28H32NOP. The van der Waals surface area contributed by atoms with Crippen molar-refractivity contribution >= 4 is 29.7 Å². The number of hydrogen-bond acceptors (Lipinski definition) is 2. The molecule has 3 heteroatoms. The van der Waals surface area contributed by atoms with Gasteiger partial charge in [-0.05, 0) is 48.7 Å². The van der Waals surface area contributed by atoms with Crippen LogP contribution < -0.4 is 15.9 Å². The molecular weight excluding hydrogens is 397 g/mol. The van der Waals surface area contributed by atoms with Crippen molar-refractivity contribution in [1.29, 1.82) is 0 Å². The smallest absolute Gasteiger partial charge is 0.194 e. The van der Waals surface area contributed by atoms with Gasteiger partial charge < -0.3 is 4.74 Å². The summed E-state index contributed by atoms with van der Waals surface area (Å²) in [6.45, 7) is 11.9. The molecule has 1 atom stereocenters. The fourth-order valence-corrected chi connectivity index (χ4v) is 6.68. The molecule has 0 fully saturated rings. The second kappa shape index (κ2) is 8.60. The lowest BCUT2D eigenvalue weighted by Crippen LogP contribution is -2.36. The number of benzene rings is 3. The summed E-state index contributed by atoms with van der Waals surface area (Å²) in [7, 11) is -0.690. The van der Waals surface area contributed by atoms with Crippen molar-refractivity contribution in [3.05, 3.63) is 90.5 Å². The molecule has 0 spiro atoms.